The summed E-state index contributed by atoms with van der Waals surface area (Å²) >= 11 is 0. The molecule has 0 saturated carbocycles. The van der Waals surface area contributed by atoms with Crippen molar-refractivity contribution in [3.05, 3.63) is 0 Å². The lowest BCUT2D eigenvalue weighted by Gasteiger charge is -2.18. The highest BCUT2D eigenvalue weighted by Crippen LogP contribution is 2.16. The van der Waals surface area contributed by atoms with Gasteiger partial charge in [0.2, 0.25) is 11.8 Å². The SMILES string of the molecule is CCC(NC(=O)CCCCCCCCCCCCCCC(C)C)NC(=O)CCCCCCCCCCCCCCC(C)C. The quantitative estimate of drug-likeness (QED) is 0.0576. The second kappa shape index (κ2) is 32.3. The number of unbranched alkanes of at least 4 members (excludes halogenated alkanes) is 22. The fourth-order valence-corrected chi connectivity index (χ4v) is 5.99. The van der Waals surface area contributed by atoms with Crippen LogP contribution in [0.3, 0.4) is 0 Å². The molecule has 256 valence electrons. The van der Waals surface area contributed by atoms with Gasteiger partial charge in [-0.25, -0.2) is 0 Å². The molecule has 2 N–H and O–H groups in total. The average Bonchev–Trinajstić information content (AvgIpc) is 2.96. The van der Waals surface area contributed by atoms with E-state index in [2.05, 4.69) is 38.3 Å². The third-order valence-electron chi connectivity index (χ3n) is 8.95. The van der Waals surface area contributed by atoms with E-state index in [9.17, 15) is 9.59 Å². The largest absolute Gasteiger partial charge is 0.336 e. The smallest absolute Gasteiger partial charge is 0.221 e. The first-order valence-corrected chi connectivity index (χ1v) is 19.4. The zero-order chi connectivity index (χ0) is 31.8. The topological polar surface area (TPSA) is 58.2 Å². The van der Waals surface area contributed by atoms with Gasteiger partial charge in [-0.2, -0.15) is 0 Å². The maximum atomic E-state index is 12.4. The zero-order valence-electron chi connectivity index (χ0n) is 30.1. The second-order valence-corrected chi connectivity index (χ2v) is 14.4. The lowest BCUT2D eigenvalue weighted by Crippen LogP contribution is -2.47. The van der Waals surface area contributed by atoms with E-state index in [1.54, 1.807) is 0 Å². The number of nitrogens with one attached hydrogen (secondary N) is 2. The first kappa shape index (κ1) is 41.9. The molecule has 4 nitrogen and oxygen atoms in total. The predicted octanol–water partition coefficient (Wildman–Crippen LogP) is 12.2. The monoisotopic (exact) mass is 607 g/mol. The van der Waals surface area contributed by atoms with E-state index in [0.29, 0.717) is 12.8 Å². The molecule has 0 radical (unpaired) electrons. The molecule has 4 heteroatoms. The van der Waals surface area contributed by atoms with E-state index in [4.69, 9.17) is 0 Å². The molecule has 0 aliphatic heterocycles. The fourth-order valence-electron chi connectivity index (χ4n) is 5.99. The minimum Gasteiger partial charge on any atom is -0.336 e. The minimum atomic E-state index is -0.231. The van der Waals surface area contributed by atoms with E-state index in [-0.39, 0.29) is 18.0 Å². The molecule has 0 aromatic carbocycles. The Labute approximate surface area is 270 Å². The van der Waals surface area contributed by atoms with E-state index in [1.807, 2.05) is 6.92 Å². The molecule has 0 aromatic rings. The average molecular weight is 607 g/mol. The van der Waals surface area contributed by atoms with Gasteiger partial charge < -0.3 is 10.6 Å². The van der Waals surface area contributed by atoms with Crippen LogP contribution in [0.4, 0.5) is 0 Å². The van der Waals surface area contributed by atoms with Crippen LogP contribution in [-0.2, 0) is 9.59 Å². The van der Waals surface area contributed by atoms with Crippen molar-refractivity contribution in [1.82, 2.24) is 10.6 Å². The van der Waals surface area contributed by atoms with Crippen molar-refractivity contribution in [2.45, 2.75) is 227 Å². The molecule has 43 heavy (non-hydrogen) atoms. The maximum Gasteiger partial charge on any atom is 0.221 e. The third-order valence-corrected chi connectivity index (χ3v) is 8.95. The Morgan fingerprint density at radius 2 is 0.628 bits per heavy atom. The van der Waals surface area contributed by atoms with Crippen molar-refractivity contribution in [1.29, 1.82) is 0 Å². The van der Waals surface area contributed by atoms with Crippen LogP contribution in [0.25, 0.3) is 0 Å². The maximum absolute atomic E-state index is 12.4. The van der Waals surface area contributed by atoms with Crippen LogP contribution in [0, 0.1) is 11.8 Å². The van der Waals surface area contributed by atoms with Gasteiger partial charge in [-0.15, -0.1) is 0 Å². The Morgan fingerprint density at radius 3 is 0.860 bits per heavy atom. The molecule has 0 saturated heterocycles. The van der Waals surface area contributed by atoms with Crippen LogP contribution in [0.5, 0.6) is 0 Å². The lowest BCUT2D eigenvalue weighted by atomic mass is 10.0. The summed E-state index contributed by atoms with van der Waals surface area (Å²) in [6.07, 6.45) is 35.9. The molecule has 2 amide bonds. The number of hydrogen-bond acceptors (Lipinski definition) is 2. The van der Waals surface area contributed by atoms with Crippen molar-refractivity contribution < 1.29 is 9.59 Å². The molecule has 0 aliphatic rings. The molecular weight excluding hydrogens is 528 g/mol. The Kier molecular flexibility index (Phi) is 31.5. The zero-order valence-corrected chi connectivity index (χ0v) is 30.1. The number of hydrogen-bond donors (Lipinski definition) is 2. The summed E-state index contributed by atoms with van der Waals surface area (Å²) in [6, 6.07) is 0. The van der Waals surface area contributed by atoms with Gasteiger partial charge in [-0.3, -0.25) is 9.59 Å². The Morgan fingerprint density at radius 1 is 0.395 bits per heavy atom. The Balaban J connectivity index is 3.52. The molecule has 0 heterocycles. The first-order valence-electron chi connectivity index (χ1n) is 19.4. The predicted molar refractivity (Wildman–Crippen MR) is 189 cm³/mol. The van der Waals surface area contributed by atoms with Crippen molar-refractivity contribution in [2.75, 3.05) is 0 Å². The van der Waals surface area contributed by atoms with Crippen molar-refractivity contribution in [3.63, 3.8) is 0 Å². The Hall–Kier alpha value is -1.06. The highest BCUT2D eigenvalue weighted by molar-refractivity contribution is 5.79. The highest BCUT2D eigenvalue weighted by atomic mass is 16.2. The summed E-state index contributed by atoms with van der Waals surface area (Å²) in [6.45, 7) is 11.3. The normalized spacial score (nSPS) is 11.6. The summed E-state index contributed by atoms with van der Waals surface area (Å²) in [7, 11) is 0. The molecule has 0 unspecified atom stereocenters. The summed E-state index contributed by atoms with van der Waals surface area (Å²) in [5.41, 5.74) is 0. The summed E-state index contributed by atoms with van der Waals surface area (Å²) in [5.74, 6) is 1.86. The molecule has 0 atom stereocenters. The van der Waals surface area contributed by atoms with Gasteiger partial charge in [0.05, 0.1) is 0 Å². The highest BCUT2D eigenvalue weighted by Gasteiger charge is 2.13. The van der Waals surface area contributed by atoms with Gasteiger partial charge in [0.15, 0.2) is 0 Å². The van der Waals surface area contributed by atoms with Gasteiger partial charge >= 0.3 is 0 Å². The van der Waals surface area contributed by atoms with Crippen LogP contribution in [0.2, 0.25) is 0 Å². The van der Waals surface area contributed by atoms with Gasteiger partial charge in [0.25, 0.3) is 0 Å². The molecular formula is C39H78N2O2. The molecule has 0 bridgehead atoms. The Bertz CT molecular complexity index is 554. The standard InChI is InChI=1S/C39H78N2O2/c1-6-37(40-38(42)33-29-25-21-17-13-9-7-11-15-19-23-27-31-35(2)3)41-39(43)34-30-26-22-18-14-10-8-12-16-20-24-28-32-36(4)5/h35-37H,6-34H2,1-5H3,(H,40,42)(H,41,43). The molecule has 0 fully saturated rings. The van der Waals surface area contributed by atoms with E-state index < -0.39 is 0 Å². The number of amides is 2. The van der Waals surface area contributed by atoms with Crippen molar-refractivity contribution in [3.8, 4) is 0 Å². The summed E-state index contributed by atoms with van der Waals surface area (Å²) in [4.78, 5) is 24.7. The van der Waals surface area contributed by atoms with E-state index in [0.717, 1.165) is 43.9 Å². The van der Waals surface area contributed by atoms with Gasteiger partial charge in [-0.1, -0.05) is 189 Å². The van der Waals surface area contributed by atoms with Crippen molar-refractivity contribution in [2.24, 2.45) is 11.8 Å². The van der Waals surface area contributed by atoms with Crippen molar-refractivity contribution >= 4 is 11.8 Å². The summed E-state index contributed by atoms with van der Waals surface area (Å²) in [5, 5.41) is 6.06. The third kappa shape index (κ3) is 33.7. The van der Waals surface area contributed by atoms with Crippen LogP contribution in [-0.4, -0.2) is 18.0 Å². The van der Waals surface area contributed by atoms with Gasteiger partial charge in [0, 0.05) is 12.8 Å². The van der Waals surface area contributed by atoms with E-state index in [1.165, 1.54) is 141 Å². The minimum absolute atomic E-state index is 0.0756. The van der Waals surface area contributed by atoms with Gasteiger partial charge in [0.1, 0.15) is 6.17 Å². The molecule has 0 aromatic heterocycles. The van der Waals surface area contributed by atoms with Crippen LogP contribution >= 0.6 is 0 Å². The lowest BCUT2D eigenvalue weighted by molar-refractivity contribution is -0.124. The molecule has 0 aliphatic carbocycles. The summed E-state index contributed by atoms with van der Waals surface area (Å²) < 4.78 is 0. The second-order valence-electron chi connectivity index (χ2n) is 14.4. The van der Waals surface area contributed by atoms with E-state index >= 15 is 0 Å². The number of carbonyl (C=O) groups is 2. The fraction of sp³-hybridized carbons (Fsp3) is 0.949. The molecule has 0 spiro atoms. The number of rotatable bonds is 33. The number of carbonyl (C=O) groups excluding carboxylic acids is 2. The van der Waals surface area contributed by atoms with Crippen LogP contribution < -0.4 is 10.6 Å². The van der Waals surface area contributed by atoms with Crippen LogP contribution in [0.1, 0.15) is 221 Å². The molecule has 0 rings (SSSR count). The van der Waals surface area contributed by atoms with Crippen LogP contribution in [0.15, 0.2) is 0 Å². The first-order chi connectivity index (χ1) is 20.8. The van der Waals surface area contributed by atoms with Gasteiger partial charge in [-0.05, 0) is 31.1 Å².